The number of nitrogens with zero attached hydrogens (tertiary/aromatic N) is 1. The summed E-state index contributed by atoms with van der Waals surface area (Å²) < 4.78 is 18.1. The smallest absolute Gasteiger partial charge is 0.338 e. The lowest BCUT2D eigenvalue weighted by Crippen LogP contribution is -2.85. The van der Waals surface area contributed by atoms with Crippen molar-refractivity contribution >= 4 is 5.97 Å². The van der Waals surface area contributed by atoms with Crippen molar-refractivity contribution in [3.8, 4) is 5.75 Å². The molecule has 6 N–H and O–H groups in total. The number of aliphatic hydroxyl groups excluding tert-OH is 1. The van der Waals surface area contributed by atoms with Crippen molar-refractivity contribution in [3.63, 3.8) is 0 Å². The minimum atomic E-state index is -2.08. The maximum Gasteiger partial charge on any atom is 0.338 e. The first-order chi connectivity index (χ1) is 21.5. The number of rotatable bonds is 3. The molecule has 8 rings (SSSR count). The van der Waals surface area contributed by atoms with Gasteiger partial charge in [-0.05, 0) is 69.6 Å². The van der Waals surface area contributed by atoms with Crippen molar-refractivity contribution in [3.05, 3.63) is 29.8 Å². The summed E-state index contributed by atoms with van der Waals surface area (Å²) in [5.74, 6) is -3.82. The third-order valence-electron chi connectivity index (χ3n) is 14.6. The van der Waals surface area contributed by atoms with E-state index in [4.69, 9.17) is 14.2 Å². The second-order valence-corrected chi connectivity index (χ2v) is 16.4. The maximum atomic E-state index is 13.3. The maximum absolute atomic E-state index is 13.3. The summed E-state index contributed by atoms with van der Waals surface area (Å²) in [6.45, 7) is 6.61. The Labute approximate surface area is 269 Å². The van der Waals surface area contributed by atoms with Crippen molar-refractivity contribution in [2.75, 3.05) is 20.2 Å². The van der Waals surface area contributed by atoms with Gasteiger partial charge in [-0.1, -0.05) is 19.9 Å². The molecule has 4 saturated carbocycles. The SMILES string of the molecule is COc1cccc(C(=O)O[C@H]2CC[C@@]3(C)[C@@H]4CC[C@H]5[C@]6(O)C[C@H](O)[C@@]7(O)[C@@H](CN8C[C@@H](C)CC[C@H]8[C@@]7(C)O)[C@]6(O)C[C@@]53O[C@]24O)c1. The highest BCUT2D eigenvalue weighted by Crippen LogP contribution is 2.78. The first-order valence-electron chi connectivity index (χ1n) is 17.1. The van der Waals surface area contributed by atoms with Crippen LogP contribution in [0.25, 0.3) is 0 Å². The van der Waals surface area contributed by atoms with E-state index in [9.17, 15) is 35.4 Å². The molecule has 3 aliphatic heterocycles. The topological polar surface area (TPSA) is 169 Å². The summed E-state index contributed by atoms with van der Waals surface area (Å²) in [6.07, 6.45) is 0.330. The van der Waals surface area contributed by atoms with Crippen molar-refractivity contribution in [2.45, 2.75) is 124 Å². The molecule has 4 bridgehead atoms. The highest BCUT2D eigenvalue weighted by molar-refractivity contribution is 5.90. The molecule has 7 aliphatic rings. The molecule has 14 atom stereocenters. The summed E-state index contributed by atoms with van der Waals surface area (Å²) >= 11 is 0. The van der Waals surface area contributed by atoms with Crippen molar-refractivity contribution in [1.82, 2.24) is 4.90 Å². The van der Waals surface area contributed by atoms with Gasteiger partial charge in [0, 0.05) is 55.1 Å². The van der Waals surface area contributed by atoms with E-state index in [1.165, 1.54) is 7.11 Å². The van der Waals surface area contributed by atoms with E-state index in [1.54, 1.807) is 31.2 Å². The fourth-order valence-electron chi connectivity index (χ4n) is 12.4. The standard InChI is InChI=1S/C35H49NO10/c1-19-8-11-25-30(3,39)34(42)24(17-36(25)16-19)32(41)18-33-23(31(32,40)15-26(34)37)10-9-22-29(33,2)13-12-27(35(22,43)46-33)45-28(38)20-6-5-7-21(14-20)44-4/h5-7,14,19,22-27,37,39-43H,8-13,15-18H2,1-4H3/t19-,22-,23-,24-,25-,26-,27-,29-,30+,31+,32+,33+,34-,35-/m0/s1. The van der Waals surface area contributed by atoms with Gasteiger partial charge in [-0.3, -0.25) is 4.90 Å². The van der Waals surface area contributed by atoms with E-state index in [0.717, 1.165) is 6.42 Å². The summed E-state index contributed by atoms with van der Waals surface area (Å²) in [7, 11) is 1.51. The quantitative estimate of drug-likeness (QED) is 0.263. The number of piperidine rings is 2. The molecule has 254 valence electrons. The number of ether oxygens (including phenoxy) is 3. The third kappa shape index (κ3) is 3.44. The zero-order chi connectivity index (χ0) is 32.9. The minimum Gasteiger partial charge on any atom is -0.497 e. The molecule has 1 spiro atoms. The van der Waals surface area contributed by atoms with Crippen LogP contribution in [0.2, 0.25) is 0 Å². The van der Waals surface area contributed by atoms with Gasteiger partial charge in [-0.25, -0.2) is 4.79 Å². The molecule has 0 unspecified atom stereocenters. The zero-order valence-electron chi connectivity index (χ0n) is 27.2. The summed E-state index contributed by atoms with van der Waals surface area (Å²) in [4.78, 5) is 15.4. The first-order valence-corrected chi connectivity index (χ1v) is 17.1. The second-order valence-electron chi connectivity index (χ2n) is 16.4. The van der Waals surface area contributed by atoms with Gasteiger partial charge in [-0.2, -0.15) is 0 Å². The van der Waals surface area contributed by atoms with E-state index < -0.39 is 81.2 Å². The lowest BCUT2D eigenvalue weighted by atomic mass is 9.49. The number of carbonyl (C=O) groups excluding carboxylic acids is 1. The third-order valence-corrected chi connectivity index (χ3v) is 14.6. The normalized spacial score (nSPS) is 55.5. The van der Waals surface area contributed by atoms with Gasteiger partial charge in [-0.15, -0.1) is 0 Å². The molecule has 11 heteroatoms. The van der Waals surface area contributed by atoms with Gasteiger partial charge >= 0.3 is 5.97 Å². The molecule has 0 amide bonds. The Morgan fingerprint density at radius 3 is 2.43 bits per heavy atom. The zero-order valence-corrected chi connectivity index (χ0v) is 27.2. The fourth-order valence-corrected chi connectivity index (χ4v) is 12.4. The fraction of sp³-hybridized carbons (Fsp3) is 0.800. The number of benzene rings is 1. The Hall–Kier alpha value is -1.83. The molecular formula is C35H49NO10. The predicted octanol–water partition coefficient (Wildman–Crippen LogP) is 1.35. The second kappa shape index (κ2) is 9.44. The highest BCUT2D eigenvalue weighted by Gasteiger charge is 2.88. The lowest BCUT2D eigenvalue weighted by Gasteiger charge is -2.68. The van der Waals surface area contributed by atoms with Gasteiger partial charge in [0.2, 0.25) is 5.79 Å². The van der Waals surface area contributed by atoms with Gasteiger partial charge in [0.15, 0.2) is 6.10 Å². The van der Waals surface area contributed by atoms with Crippen molar-refractivity contribution in [1.29, 1.82) is 0 Å². The van der Waals surface area contributed by atoms with E-state index in [1.807, 2.05) is 6.92 Å². The lowest BCUT2D eigenvalue weighted by molar-refractivity contribution is -0.354. The molecular weight excluding hydrogens is 594 g/mol. The van der Waals surface area contributed by atoms with E-state index in [0.29, 0.717) is 50.3 Å². The Bertz CT molecular complexity index is 1460. The van der Waals surface area contributed by atoms with Crippen LogP contribution in [0.4, 0.5) is 0 Å². The van der Waals surface area contributed by atoms with Crippen molar-refractivity contribution in [2.24, 2.45) is 29.1 Å². The molecule has 7 fully saturated rings. The van der Waals surface area contributed by atoms with Crippen LogP contribution in [0, 0.1) is 29.1 Å². The molecule has 46 heavy (non-hydrogen) atoms. The summed E-state index contributed by atoms with van der Waals surface area (Å²) in [5, 5.41) is 74.5. The number of carbonyl (C=O) groups is 1. The number of hydrogen-bond donors (Lipinski definition) is 6. The Morgan fingerprint density at radius 2 is 1.70 bits per heavy atom. The number of aliphatic hydroxyl groups is 6. The van der Waals surface area contributed by atoms with Crippen LogP contribution in [-0.4, -0.2) is 114 Å². The molecule has 1 aromatic carbocycles. The molecule has 1 aromatic rings. The molecule has 0 aromatic heterocycles. The highest BCUT2D eigenvalue weighted by atomic mass is 16.7. The minimum absolute atomic E-state index is 0.0864. The number of hydrogen-bond acceptors (Lipinski definition) is 11. The Balaban J connectivity index is 1.18. The van der Waals surface area contributed by atoms with Crippen LogP contribution < -0.4 is 4.74 Å². The van der Waals surface area contributed by atoms with Crippen LogP contribution >= 0.6 is 0 Å². The van der Waals surface area contributed by atoms with Crippen LogP contribution in [0.15, 0.2) is 24.3 Å². The van der Waals surface area contributed by atoms with Crippen LogP contribution in [0.5, 0.6) is 5.75 Å². The molecule has 4 aliphatic carbocycles. The number of methoxy groups -OCH3 is 1. The largest absolute Gasteiger partial charge is 0.497 e. The van der Waals surface area contributed by atoms with Gasteiger partial charge < -0.3 is 44.8 Å². The average molecular weight is 644 g/mol. The average Bonchev–Trinajstić information content (AvgIpc) is 3.18. The summed E-state index contributed by atoms with van der Waals surface area (Å²) in [5.41, 5.74) is -9.29. The molecule has 11 nitrogen and oxygen atoms in total. The van der Waals surface area contributed by atoms with Crippen LogP contribution in [0.1, 0.15) is 82.5 Å². The molecule has 3 heterocycles. The summed E-state index contributed by atoms with van der Waals surface area (Å²) in [6, 6.07) is 6.21. The van der Waals surface area contributed by atoms with Crippen LogP contribution in [0.3, 0.4) is 0 Å². The van der Waals surface area contributed by atoms with Crippen molar-refractivity contribution < 1.29 is 49.6 Å². The van der Waals surface area contributed by atoms with E-state index >= 15 is 0 Å². The number of esters is 1. The molecule has 0 radical (unpaired) electrons. The predicted molar refractivity (Wildman–Crippen MR) is 162 cm³/mol. The number of fused-ring (bicyclic) bond motifs is 5. The van der Waals surface area contributed by atoms with Gasteiger partial charge in [0.1, 0.15) is 28.2 Å². The van der Waals surface area contributed by atoms with E-state index in [2.05, 4.69) is 11.8 Å². The Kier molecular flexibility index (Phi) is 6.45. The first kappa shape index (κ1) is 31.4. The van der Waals surface area contributed by atoms with Gasteiger partial charge in [0.25, 0.3) is 0 Å². The van der Waals surface area contributed by atoms with E-state index in [-0.39, 0.29) is 24.9 Å². The monoisotopic (exact) mass is 643 g/mol. The van der Waals surface area contributed by atoms with Gasteiger partial charge in [0.05, 0.1) is 24.4 Å². The Morgan fingerprint density at radius 1 is 0.957 bits per heavy atom. The van der Waals surface area contributed by atoms with Crippen LogP contribution in [-0.2, 0) is 9.47 Å². The molecule has 3 saturated heterocycles.